The van der Waals surface area contributed by atoms with Gasteiger partial charge in [0.2, 0.25) is 0 Å². The predicted molar refractivity (Wildman–Crippen MR) is 54.3 cm³/mol. The van der Waals surface area contributed by atoms with Crippen molar-refractivity contribution in [1.29, 1.82) is 0 Å². The zero-order valence-electron chi connectivity index (χ0n) is 9.41. The zero-order valence-corrected chi connectivity index (χ0v) is 9.41. The molecule has 0 saturated carbocycles. The molecule has 0 aromatic heterocycles. The molecule has 1 aliphatic rings. The van der Waals surface area contributed by atoms with Crippen LogP contribution in [0.1, 0.15) is 26.2 Å². The van der Waals surface area contributed by atoms with Crippen molar-refractivity contribution < 1.29 is 29.5 Å². The lowest BCUT2D eigenvalue weighted by atomic mass is 10.1. The van der Waals surface area contributed by atoms with Gasteiger partial charge in [-0.05, 0) is 6.42 Å². The third kappa shape index (κ3) is 4.32. The van der Waals surface area contributed by atoms with Gasteiger partial charge < -0.3 is 29.5 Å². The maximum Gasteiger partial charge on any atom is 0.186 e. The van der Waals surface area contributed by atoms with E-state index in [9.17, 15) is 15.3 Å². The van der Waals surface area contributed by atoms with Crippen LogP contribution in [0.3, 0.4) is 0 Å². The number of aliphatic hydroxyl groups is 3. The van der Waals surface area contributed by atoms with Crippen LogP contribution in [0.15, 0.2) is 0 Å². The predicted octanol–water partition coefficient (Wildman–Crippen LogP) is -0.436. The Hall–Kier alpha value is -0.240. The van der Waals surface area contributed by atoms with Crippen molar-refractivity contribution in [3.63, 3.8) is 0 Å². The summed E-state index contributed by atoms with van der Waals surface area (Å²) in [5.41, 5.74) is 0. The van der Waals surface area contributed by atoms with Crippen LogP contribution in [0, 0.1) is 0 Å². The van der Waals surface area contributed by atoms with Crippen molar-refractivity contribution in [2.75, 3.05) is 13.4 Å². The summed E-state index contributed by atoms with van der Waals surface area (Å²) in [6.45, 7) is 2.72. The Morgan fingerprint density at radius 1 is 1.31 bits per heavy atom. The highest BCUT2D eigenvalue weighted by Crippen LogP contribution is 2.19. The molecule has 6 nitrogen and oxygen atoms in total. The fraction of sp³-hybridized carbons (Fsp3) is 1.00. The van der Waals surface area contributed by atoms with Crippen molar-refractivity contribution in [2.24, 2.45) is 0 Å². The largest absolute Gasteiger partial charge is 0.390 e. The summed E-state index contributed by atoms with van der Waals surface area (Å²) in [5.74, 6) is 0. The molecule has 6 heteroatoms. The highest BCUT2D eigenvalue weighted by molar-refractivity contribution is 4.76. The van der Waals surface area contributed by atoms with Crippen LogP contribution in [0.5, 0.6) is 0 Å². The lowest BCUT2D eigenvalue weighted by Crippen LogP contribution is -2.48. The zero-order chi connectivity index (χ0) is 12.0. The van der Waals surface area contributed by atoms with Gasteiger partial charge in [-0.2, -0.15) is 0 Å². The van der Waals surface area contributed by atoms with Crippen molar-refractivity contribution >= 4 is 0 Å². The van der Waals surface area contributed by atoms with E-state index in [-0.39, 0.29) is 13.2 Å². The van der Waals surface area contributed by atoms with Gasteiger partial charge in [0.25, 0.3) is 0 Å². The molecule has 1 saturated heterocycles. The van der Waals surface area contributed by atoms with Crippen molar-refractivity contribution in [1.82, 2.24) is 0 Å². The van der Waals surface area contributed by atoms with Crippen LogP contribution in [-0.2, 0) is 14.2 Å². The van der Waals surface area contributed by atoms with Crippen LogP contribution >= 0.6 is 0 Å². The van der Waals surface area contributed by atoms with Gasteiger partial charge in [0.15, 0.2) is 12.6 Å². The van der Waals surface area contributed by atoms with Crippen LogP contribution in [0.2, 0.25) is 0 Å². The molecule has 0 aromatic carbocycles. The fourth-order valence-corrected chi connectivity index (χ4v) is 1.35. The second-order valence-electron chi connectivity index (χ2n) is 3.80. The van der Waals surface area contributed by atoms with E-state index >= 15 is 0 Å². The quantitative estimate of drug-likeness (QED) is 0.428. The molecular weight excluding hydrogens is 216 g/mol. The van der Waals surface area contributed by atoms with E-state index in [4.69, 9.17) is 14.2 Å². The van der Waals surface area contributed by atoms with E-state index in [1.165, 1.54) is 0 Å². The van der Waals surface area contributed by atoms with E-state index in [0.717, 1.165) is 12.8 Å². The van der Waals surface area contributed by atoms with E-state index in [2.05, 4.69) is 6.92 Å². The average molecular weight is 236 g/mol. The molecular formula is C10H20O6. The first-order valence-electron chi connectivity index (χ1n) is 5.54. The first kappa shape index (κ1) is 13.8. The Morgan fingerprint density at radius 3 is 2.69 bits per heavy atom. The maximum atomic E-state index is 9.35. The minimum absolute atomic E-state index is 0.0558. The summed E-state index contributed by atoms with van der Waals surface area (Å²) in [5, 5.41) is 27.7. The van der Waals surface area contributed by atoms with Crippen LogP contribution < -0.4 is 0 Å². The fourth-order valence-electron chi connectivity index (χ4n) is 1.35. The lowest BCUT2D eigenvalue weighted by molar-refractivity contribution is -0.318. The van der Waals surface area contributed by atoms with Crippen LogP contribution in [0.4, 0.5) is 0 Å². The third-order valence-corrected chi connectivity index (χ3v) is 2.39. The van der Waals surface area contributed by atoms with Crippen molar-refractivity contribution in [2.45, 2.75) is 51.0 Å². The van der Waals surface area contributed by atoms with E-state index in [1.807, 2.05) is 0 Å². The summed E-state index contributed by atoms with van der Waals surface area (Å²) in [4.78, 5) is 0. The highest BCUT2D eigenvalue weighted by atomic mass is 16.8. The molecule has 0 spiro atoms. The lowest BCUT2D eigenvalue weighted by Gasteiger charge is -2.33. The summed E-state index contributed by atoms with van der Waals surface area (Å²) in [6.07, 6.45) is -2.35. The number of ether oxygens (including phenoxy) is 3. The molecule has 0 radical (unpaired) electrons. The molecule has 3 N–H and O–H groups in total. The SMILES string of the molecule is CCCCOCOC1C[C@H](O)[C@@H](O)C(O)O1. The molecule has 1 heterocycles. The Labute approximate surface area is 94.7 Å². The third-order valence-electron chi connectivity index (χ3n) is 2.39. The molecule has 2 unspecified atom stereocenters. The minimum atomic E-state index is -1.41. The van der Waals surface area contributed by atoms with Crippen molar-refractivity contribution in [3.8, 4) is 0 Å². The Bertz CT molecular complexity index is 176. The standard InChI is InChI=1S/C10H20O6/c1-2-3-4-14-6-15-8-5-7(11)9(12)10(13)16-8/h7-13H,2-6H2,1H3/t7-,8?,9+,10?/m0/s1. The maximum absolute atomic E-state index is 9.35. The Morgan fingerprint density at radius 2 is 2.06 bits per heavy atom. The molecule has 1 rings (SSSR count). The molecule has 0 amide bonds. The van der Waals surface area contributed by atoms with Gasteiger partial charge in [0.05, 0.1) is 6.10 Å². The summed E-state index contributed by atoms with van der Waals surface area (Å²) < 4.78 is 15.2. The molecule has 0 aliphatic carbocycles. The van der Waals surface area contributed by atoms with Gasteiger partial charge in [-0.25, -0.2) is 0 Å². The molecule has 0 aromatic rings. The molecule has 0 bridgehead atoms. The first-order chi connectivity index (χ1) is 7.65. The van der Waals surface area contributed by atoms with Gasteiger partial charge in [0, 0.05) is 13.0 Å². The number of unbranched alkanes of at least 4 members (excludes halogenated alkanes) is 1. The Kier molecular flexibility index (Phi) is 6.18. The molecule has 16 heavy (non-hydrogen) atoms. The first-order valence-corrected chi connectivity index (χ1v) is 5.54. The number of hydrogen-bond acceptors (Lipinski definition) is 6. The van der Waals surface area contributed by atoms with Gasteiger partial charge in [0.1, 0.15) is 12.9 Å². The number of hydrogen-bond donors (Lipinski definition) is 3. The van der Waals surface area contributed by atoms with E-state index in [1.54, 1.807) is 0 Å². The smallest absolute Gasteiger partial charge is 0.186 e. The van der Waals surface area contributed by atoms with Gasteiger partial charge in [-0.3, -0.25) is 0 Å². The second kappa shape index (κ2) is 7.16. The van der Waals surface area contributed by atoms with Gasteiger partial charge >= 0.3 is 0 Å². The van der Waals surface area contributed by atoms with Gasteiger partial charge in [-0.1, -0.05) is 13.3 Å². The molecule has 1 fully saturated rings. The van der Waals surface area contributed by atoms with Gasteiger partial charge in [-0.15, -0.1) is 0 Å². The summed E-state index contributed by atoms with van der Waals surface area (Å²) in [7, 11) is 0. The Balaban J connectivity index is 2.13. The highest BCUT2D eigenvalue weighted by Gasteiger charge is 2.35. The average Bonchev–Trinajstić information content (AvgIpc) is 2.25. The monoisotopic (exact) mass is 236 g/mol. The molecule has 96 valence electrons. The number of aliphatic hydroxyl groups excluding tert-OH is 3. The van der Waals surface area contributed by atoms with Crippen LogP contribution in [0.25, 0.3) is 0 Å². The second-order valence-corrected chi connectivity index (χ2v) is 3.80. The van der Waals surface area contributed by atoms with Crippen molar-refractivity contribution in [3.05, 3.63) is 0 Å². The van der Waals surface area contributed by atoms with Crippen LogP contribution in [-0.4, -0.2) is 53.5 Å². The van der Waals surface area contributed by atoms with E-state index < -0.39 is 24.8 Å². The van der Waals surface area contributed by atoms with E-state index in [0.29, 0.717) is 6.61 Å². The topological polar surface area (TPSA) is 88.4 Å². The number of rotatable bonds is 6. The summed E-state index contributed by atoms with van der Waals surface area (Å²) >= 11 is 0. The normalized spacial score (nSPS) is 35.2. The minimum Gasteiger partial charge on any atom is -0.390 e. The molecule has 1 aliphatic heterocycles. The molecule has 4 atom stereocenters. The summed E-state index contributed by atoms with van der Waals surface area (Å²) in [6, 6.07) is 0.